The van der Waals surface area contributed by atoms with Crippen LogP contribution in [0.4, 0.5) is 27.6 Å². The number of nitrogens with one attached hydrogen (secondary N) is 2. The lowest BCUT2D eigenvalue weighted by molar-refractivity contribution is -0.137. The zero-order valence-electron chi connectivity index (χ0n) is 30.7. The minimum atomic E-state index is -4.50. The van der Waals surface area contributed by atoms with E-state index < -0.39 is 51.5 Å². The largest absolute Gasteiger partial charge is 0.483 e. The summed E-state index contributed by atoms with van der Waals surface area (Å²) < 4.78 is 95.6. The fourth-order valence-electron chi connectivity index (χ4n) is 5.98. The zero-order chi connectivity index (χ0) is 42.2. The van der Waals surface area contributed by atoms with Gasteiger partial charge in [0.05, 0.1) is 22.6 Å². The molecule has 0 aromatic heterocycles. The van der Waals surface area contributed by atoms with Crippen LogP contribution >= 0.6 is 0 Å². The summed E-state index contributed by atoms with van der Waals surface area (Å²) in [5.74, 6) is -2.23. The average molecular weight is 823 g/mol. The molecular weight excluding hydrogens is 780 g/mol. The van der Waals surface area contributed by atoms with Crippen molar-refractivity contribution in [1.29, 1.82) is 0 Å². The topological polar surface area (TPSA) is 177 Å². The Labute approximate surface area is 326 Å². The maximum absolute atomic E-state index is 14.0. The Balaban J connectivity index is 0.00000136. The van der Waals surface area contributed by atoms with Crippen molar-refractivity contribution in [2.75, 3.05) is 37.6 Å². The fraction of sp³-hybridized carbons (Fsp3) is 0.308. The van der Waals surface area contributed by atoms with E-state index in [9.17, 15) is 40.3 Å². The van der Waals surface area contributed by atoms with Crippen LogP contribution in [0.15, 0.2) is 95.9 Å². The number of carbonyl (C=O) groups excluding carboxylic acids is 1. The lowest BCUT2D eigenvalue weighted by Crippen LogP contribution is -2.49. The number of anilines is 1. The van der Waals surface area contributed by atoms with E-state index in [1.165, 1.54) is 34.6 Å². The third-order valence-electron chi connectivity index (χ3n) is 8.77. The predicted molar refractivity (Wildman–Crippen MR) is 201 cm³/mol. The summed E-state index contributed by atoms with van der Waals surface area (Å²) in [4.78, 5) is 31.7. The monoisotopic (exact) mass is 822 g/mol. The van der Waals surface area contributed by atoms with Gasteiger partial charge in [0.1, 0.15) is 11.6 Å². The Morgan fingerprint density at radius 1 is 0.825 bits per heavy atom. The second-order valence-electron chi connectivity index (χ2n) is 12.6. The molecule has 1 aliphatic heterocycles. The van der Waals surface area contributed by atoms with Crippen LogP contribution in [0, 0.1) is 11.6 Å². The first-order valence-electron chi connectivity index (χ1n) is 17.5. The number of carboxylic acid groups (broad SMARTS) is 2. The zero-order valence-corrected chi connectivity index (χ0v) is 31.5. The number of benzene rings is 4. The molecule has 0 saturated carbocycles. The molecule has 5 N–H and O–H groups in total. The van der Waals surface area contributed by atoms with Crippen molar-refractivity contribution in [2.24, 2.45) is 0 Å². The molecule has 1 saturated heterocycles. The van der Waals surface area contributed by atoms with E-state index in [1.54, 1.807) is 11.0 Å². The van der Waals surface area contributed by atoms with Gasteiger partial charge in [-0.2, -0.15) is 17.5 Å². The van der Waals surface area contributed by atoms with Crippen LogP contribution in [0.3, 0.4) is 0 Å². The summed E-state index contributed by atoms with van der Waals surface area (Å²) >= 11 is 0. The predicted octanol–water partition coefficient (Wildman–Crippen LogP) is 4.95. The number of aliphatic hydroxyl groups excluding tert-OH is 1. The van der Waals surface area contributed by atoms with Crippen LogP contribution in [-0.2, 0) is 45.2 Å². The number of nitrogens with zero attached hydrogens (tertiary/aromatic N) is 2. The number of aliphatic hydroxyl groups is 1. The van der Waals surface area contributed by atoms with E-state index in [1.807, 2.05) is 31.2 Å². The molecule has 5 rings (SSSR count). The van der Waals surface area contributed by atoms with Crippen molar-refractivity contribution in [3.63, 3.8) is 0 Å². The first kappa shape index (κ1) is 46.0. The fourth-order valence-corrected chi connectivity index (χ4v) is 7.40. The summed E-state index contributed by atoms with van der Waals surface area (Å²) in [5, 5.41) is 30.8. The highest BCUT2D eigenvalue weighted by molar-refractivity contribution is 7.89. The molecule has 12 nitrogen and oxygen atoms in total. The second-order valence-corrected chi connectivity index (χ2v) is 14.5. The molecule has 0 unspecified atom stereocenters. The van der Waals surface area contributed by atoms with Gasteiger partial charge in [-0.15, -0.1) is 0 Å². The van der Waals surface area contributed by atoms with Crippen LogP contribution in [-0.4, -0.2) is 91.8 Å². The standard InChI is InChI=1S/C37H39F5N4O4S.2CH2O2/c1-2-25-5-3-6-26(17-25)23-43-24-35(47)34(20-27-18-30(38)22-31(39)19-27)44-36(48)28-9-11-33(12-10-28)51(49,50)46-15-13-45(14-16-46)32-8-4-7-29(21-32)37(40,41)42;2*2-1-3/h3-12,17-19,21-22,34-35,43,47H,2,13-16,20,23-24H2,1H3,(H,44,48);2*1H,(H,2,3)/t34-,35+;;/m0../s1. The number of carbonyl (C=O) groups is 3. The van der Waals surface area contributed by atoms with E-state index in [4.69, 9.17) is 19.8 Å². The van der Waals surface area contributed by atoms with Gasteiger partial charge in [-0.1, -0.05) is 37.3 Å². The van der Waals surface area contributed by atoms with Gasteiger partial charge in [0.15, 0.2) is 0 Å². The Bertz CT molecular complexity index is 2000. The molecule has 0 radical (unpaired) electrons. The number of sulfonamides is 1. The van der Waals surface area contributed by atoms with Crippen LogP contribution in [0.2, 0.25) is 0 Å². The number of amides is 1. The molecule has 4 aromatic rings. The van der Waals surface area contributed by atoms with Crippen LogP contribution < -0.4 is 15.5 Å². The van der Waals surface area contributed by atoms with Gasteiger partial charge < -0.3 is 30.9 Å². The van der Waals surface area contributed by atoms with Crippen molar-refractivity contribution < 1.29 is 60.1 Å². The third-order valence-corrected chi connectivity index (χ3v) is 10.7. The summed E-state index contributed by atoms with van der Waals surface area (Å²) in [6.07, 6.45) is -4.88. The maximum Gasteiger partial charge on any atom is 0.416 e. The Kier molecular flexibility index (Phi) is 17.5. The smallest absolute Gasteiger partial charge is 0.416 e. The number of rotatable bonds is 13. The van der Waals surface area contributed by atoms with Crippen molar-refractivity contribution in [3.05, 3.63) is 130 Å². The van der Waals surface area contributed by atoms with Crippen LogP contribution in [0.1, 0.15) is 39.5 Å². The number of hydrogen-bond acceptors (Lipinski definition) is 8. The molecule has 1 amide bonds. The van der Waals surface area contributed by atoms with Crippen LogP contribution in [0.25, 0.3) is 0 Å². The van der Waals surface area contributed by atoms with Crippen molar-refractivity contribution in [2.45, 2.75) is 49.5 Å². The second kappa shape index (κ2) is 21.8. The summed E-state index contributed by atoms with van der Waals surface area (Å²) in [6.45, 7) is 2.48. The summed E-state index contributed by atoms with van der Waals surface area (Å²) in [7, 11) is -3.99. The molecule has 1 aliphatic rings. The highest BCUT2D eigenvalue weighted by atomic mass is 32.2. The lowest BCUT2D eigenvalue weighted by atomic mass is 10.00. The number of hydrogen-bond donors (Lipinski definition) is 5. The van der Waals surface area contributed by atoms with Gasteiger partial charge in [-0.25, -0.2) is 17.2 Å². The molecule has 0 aliphatic carbocycles. The molecule has 18 heteroatoms. The molecule has 1 fully saturated rings. The van der Waals surface area contributed by atoms with Crippen molar-refractivity contribution in [3.8, 4) is 0 Å². The molecule has 4 aromatic carbocycles. The SMILES string of the molecule is CCc1cccc(CNC[C@@H](O)[C@H](Cc2cc(F)cc(F)c2)NC(=O)c2ccc(S(=O)(=O)N3CCN(c4cccc(C(F)(F)F)c4)CC3)cc2)c1.O=CO.O=CO. The first-order valence-corrected chi connectivity index (χ1v) is 18.9. The van der Waals surface area contributed by atoms with E-state index in [0.717, 1.165) is 47.9 Å². The number of alkyl halides is 3. The van der Waals surface area contributed by atoms with E-state index >= 15 is 0 Å². The van der Waals surface area contributed by atoms with E-state index in [2.05, 4.69) is 10.6 Å². The lowest BCUT2D eigenvalue weighted by Gasteiger charge is -2.35. The van der Waals surface area contributed by atoms with Gasteiger partial charge in [-0.05, 0) is 84.1 Å². The molecule has 0 bridgehead atoms. The van der Waals surface area contributed by atoms with Gasteiger partial charge in [0.25, 0.3) is 18.9 Å². The van der Waals surface area contributed by atoms with Crippen molar-refractivity contribution >= 4 is 34.6 Å². The molecule has 57 heavy (non-hydrogen) atoms. The normalized spacial score (nSPS) is 14.2. The Morgan fingerprint density at radius 3 is 1.98 bits per heavy atom. The van der Waals surface area contributed by atoms with Gasteiger partial charge in [-0.3, -0.25) is 14.4 Å². The maximum atomic E-state index is 14.0. The first-order chi connectivity index (χ1) is 27.1. The molecule has 308 valence electrons. The van der Waals surface area contributed by atoms with Gasteiger partial charge >= 0.3 is 6.18 Å². The molecule has 1 heterocycles. The average Bonchev–Trinajstić information content (AvgIpc) is 3.17. The third kappa shape index (κ3) is 13.9. The van der Waals surface area contributed by atoms with E-state index in [0.29, 0.717) is 12.2 Å². The highest BCUT2D eigenvalue weighted by Crippen LogP contribution is 2.32. The van der Waals surface area contributed by atoms with Crippen LogP contribution in [0.5, 0.6) is 0 Å². The van der Waals surface area contributed by atoms with Gasteiger partial charge in [0.2, 0.25) is 10.0 Å². The molecule has 0 spiro atoms. The quantitative estimate of drug-likeness (QED) is 0.0917. The highest BCUT2D eigenvalue weighted by Gasteiger charge is 2.33. The number of halogens is 5. The number of piperazine rings is 1. The molecular formula is C39H43F5N4O8S. The Hall–Kier alpha value is -5.43. The Morgan fingerprint density at radius 2 is 1.40 bits per heavy atom. The summed E-state index contributed by atoms with van der Waals surface area (Å²) in [6, 6.07) is 20.0. The van der Waals surface area contributed by atoms with Gasteiger partial charge in [0, 0.05) is 56.6 Å². The molecule has 2 atom stereocenters. The summed E-state index contributed by atoms with van der Waals surface area (Å²) in [5.41, 5.74) is 2.04. The minimum absolute atomic E-state index is 0.0408. The van der Waals surface area contributed by atoms with E-state index in [-0.39, 0.29) is 68.1 Å². The minimum Gasteiger partial charge on any atom is -0.483 e. The van der Waals surface area contributed by atoms with Crippen molar-refractivity contribution in [1.82, 2.24) is 14.9 Å². The number of aryl methyl sites for hydroxylation is 1.